The third kappa shape index (κ3) is 5.76. The Morgan fingerprint density at radius 1 is 0.917 bits per heavy atom. The van der Waals surface area contributed by atoms with E-state index in [2.05, 4.69) is 17.6 Å². The molecule has 2 amide bonds. The highest BCUT2D eigenvalue weighted by molar-refractivity contribution is 5.92. The average Bonchev–Trinajstić information content (AvgIpc) is 2.55. The highest BCUT2D eigenvalue weighted by Crippen LogP contribution is 2.16. The molecule has 0 radical (unpaired) electrons. The van der Waals surface area contributed by atoms with Crippen molar-refractivity contribution in [2.24, 2.45) is 0 Å². The molecule has 0 saturated carbocycles. The second-order valence-electron chi connectivity index (χ2n) is 5.48. The fourth-order valence-corrected chi connectivity index (χ4v) is 2.15. The number of carbonyl (C=O) groups excluding carboxylic acids is 2. The van der Waals surface area contributed by atoms with Crippen LogP contribution in [0.5, 0.6) is 5.75 Å². The first kappa shape index (κ1) is 17.5. The lowest BCUT2D eigenvalue weighted by Gasteiger charge is -2.08. The number of nitrogens with one attached hydrogen (secondary N) is 2. The van der Waals surface area contributed by atoms with Crippen LogP contribution in [-0.4, -0.2) is 18.4 Å². The second kappa shape index (κ2) is 8.72. The molecule has 0 bridgehead atoms. The molecule has 5 heteroatoms. The largest absolute Gasteiger partial charge is 0.494 e. The van der Waals surface area contributed by atoms with E-state index >= 15 is 0 Å². The van der Waals surface area contributed by atoms with Gasteiger partial charge >= 0.3 is 0 Å². The molecule has 2 rings (SSSR count). The highest BCUT2D eigenvalue weighted by Gasteiger charge is 2.05. The van der Waals surface area contributed by atoms with Gasteiger partial charge < -0.3 is 15.4 Å². The zero-order chi connectivity index (χ0) is 17.4. The van der Waals surface area contributed by atoms with Gasteiger partial charge in [0.2, 0.25) is 11.8 Å². The Morgan fingerprint density at radius 2 is 1.50 bits per heavy atom. The van der Waals surface area contributed by atoms with Gasteiger partial charge in [0.05, 0.1) is 13.0 Å². The van der Waals surface area contributed by atoms with Crippen molar-refractivity contribution in [2.75, 3.05) is 17.2 Å². The topological polar surface area (TPSA) is 67.4 Å². The summed E-state index contributed by atoms with van der Waals surface area (Å²) in [6.07, 6.45) is 1.23. The summed E-state index contributed by atoms with van der Waals surface area (Å²) in [5, 5.41) is 5.55. The fourth-order valence-electron chi connectivity index (χ4n) is 2.15. The Hall–Kier alpha value is -2.82. The lowest BCUT2D eigenvalue weighted by molar-refractivity contribution is -0.116. The summed E-state index contributed by atoms with van der Waals surface area (Å²) in [7, 11) is 0. The van der Waals surface area contributed by atoms with Crippen LogP contribution in [0.15, 0.2) is 48.5 Å². The Bertz CT molecular complexity index is 679. The molecule has 0 atom stereocenters. The first-order valence-corrected chi connectivity index (χ1v) is 7.96. The zero-order valence-corrected chi connectivity index (χ0v) is 14.0. The van der Waals surface area contributed by atoms with Crippen molar-refractivity contribution in [3.05, 3.63) is 54.1 Å². The van der Waals surface area contributed by atoms with E-state index in [0.29, 0.717) is 12.3 Å². The Kier molecular flexibility index (Phi) is 6.37. The first-order valence-electron chi connectivity index (χ1n) is 7.96. The van der Waals surface area contributed by atoms with Gasteiger partial charge in [0.15, 0.2) is 0 Å². The Morgan fingerprint density at radius 3 is 2.08 bits per heavy atom. The average molecular weight is 326 g/mol. The van der Waals surface area contributed by atoms with Crippen LogP contribution in [0.4, 0.5) is 11.4 Å². The van der Waals surface area contributed by atoms with Crippen LogP contribution in [0.1, 0.15) is 25.8 Å². The van der Waals surface area contributed by atoms with E-state index in [-0.39, 0.29) is 18.2 Å². The fraction of sp³-hybridized carbons (Fsp3) is 0.263. The molecule has 0 aliphatic carbocycles. The smallest absolute Gasteiger partial charge is 0.228 e. The van der Waals surface area contributed by atoms with E-state index < -0.39 is 0 Å². The molecule has 0 fully saturated rings. The van der Waals surface area contributed by atoms with Crippen LogP contribution in [0.25, 0.3) is 0 Å². The number of anilines is 2. The van der Waals surface area contributed by atoms with Crippen molar-refractivity contribution in [3.8, 4) is 5.75 Å². The predicted octanol–water partition coefficient (Wildman–Crippen LogP) is 3.62. The van der Waals surface area contributed by atoms with Crippen LogP contribution in [0.3, 0.4) is 0 Å². The molecule has 126 valence electrons. The number of amides is 2. The van der Waals surface area contributed by atoms with Crippen molar-refractivity contribution in [1.82, 2.24) is 0 Å². The summed E-state index contributed by atoms with van der Waals surface area (Å²) in [6, 6.07) is 14.5. The van der Waals surface area contributed by atoms with Crippen LogP contribution in [0.2, 0.25) is 0 Å². The second-order valence-corrected chi connectivity index (χ2v) is 5.48. The molecule has 0 spiro atoms. The molecule has 24 heavy (non-hydrogen) atoms. The van der Waals surface area contributed by atoms with Gasteiger partial charge in [-0.1, -0.05) is 19.1 Å². The maximum absolute atomic E-state index is 12.1. The summed E-state index contributed by atoms with van der Waals surface area (Å²) in [4.78, 5) is 23.1. The molecule has 0 aromatic heterocycles. The van der Waals surface area contributed by atoms with Gasteiger partial charge in [0.25, 0.3) is 0 Å². The van der Waals surface area contributed by atoms with E-state index in [0.717, 1.165) is 23.4 Å². The zero-order valence-electron chi connectivity index (χ0n) is 14.0. The van der Waals surface area contributed by atoms with Gasteiger partial charge in [-0.15, -0.1) is 0 Å². The SMILES string of the molecule is CCCOc1ccc(NC(=O)Cc2ccc(NC(C)=O)cc2)cc1. The number of benzene rings is 2. The first-order chi connectivity index (χ1) is 11.6. The summed E-state index contributed by atoms with van der Waals surface area (Å²) in [6.45, 7) is 4.19. The van der Waals surface area contributed by atoms with Gasteiger partial charge in [0, 0.05) is 18.3 Å². The van der Waals surface area contributed by atoms with E-state index in [9.17, 15) is 9.59 Å². The minimum Gasteiger partial charge on any atom is -0.494 e. The predicted molar refractivity (Wildman–Crippen MR) is 95.3 cm³/mol. The molecule has 0 unspecified atom stereocenters. The lowest BCUT2D eigenvalue weighted by Crippen LogP contribution is -2.14. The van der Waals surface area contributed by atoms with Crippen molar-refractivity contribution < 1.29 is 14.3 Å². The van der Waals surface area contributed by atoms with Crippen LogP contribution in [-0.2, 0) is 16.0 Å². The molecule has 0 heterocycles. The maximum Gasteiger partial charge on any atom is 0.228 e. The van der Waals surface area contributed by atoms with Crippen LogP contribution in [0, 0.1) is 0 Å². The summed E-state index contributed by atoms with van der Waals surface area (Å²) >= 11 is 0. The van der Waals surface area contributed by atoms with E-state index in [1.165, 1.54) is 6.92 Å². The normalized spacial score (nSPS) is 10.1. The Balaban J connectivity index is 1.87. The number of hydrogen-bond donors (Lipinski definition) is 2. The number of rotatable bonds is 7. The van der Waals surface area contributed by atoms with Crippen molar-refractivity contribution in [2.45, 2.75) is 26.7 Å². The molecule has 2 aromatic carbocycles. The minimum absolute atomic E-state index is 0.0931. The van der Waals surface area contributed by atoms with Crippen molar-refractivity contribution in [1.29, 1.82) is 0 Å². The van der Waals surface area contributed by atoms with Gasteiger partial charge in [0.1, 0.15) is 5.75 Å². The van der Waals surface area contributed by atoms with Crippen molar-refractivity contribution >= 4 is 23.2 Å². The molecule has 2 aromatic rings. The van der Waals surface area contributed by atoms with Crippen LogP contribution >= 0.6 is 0 Å². The number of ether oxygens (including phenoxy) is 1. The van der Waals surface area contributed by atoms with E-state index in [4.69, 9.17) is 4.74 Å². The molecular weight excluding hydrogens is 304 g/mol. The molecular formula is C19H22N2O3. The van der Waals surface area contributed by atoms with Crippen molar-refractivity contribution in [3.63, 3.8) is 0 Å². The number of carbonyl (C=O) groups is 2. The highest BCUT2D eigenvalue weighted by atomic mass is 16.5. The molecule has 0 aliphatic rings. The molecule has 5 nitrogen and oxygen atoms in total. The summed E-state index contributed by atoms with van der Waals surface area (Å²) in [5.74, 6) is 0.583. The third-order valence-corrected chi connectivity index (χ3v) is 3.25. The lowest BCUT2D eigenvalue weighted by atomic mass is 10.1. The van der Waals surface area contributed by atoms with Gasteiger partial charge in [-0.2, -0.15) is 0 Å². The third-order valence-electron chi connectivity index (χ3n) is 3.25. The van der Waals surface area contributed by atoms with E-state index in [1.807, 2.05) is 36.4 Å². The number of hydrogen-bond acceptors (Lipinski definition) is 3. The summed E-state index contributed by atoms with van der Waals surface area (Å²) in [5.41, 5.74) is 2.33. The minimum atomic E-state index is -0.119. The quantitative estimate of drug-likeness (QED) is 0.816. The van der Waals surface area contributed by atoms with Gasteiger partial charge in [-0.3, -0.25) is 9.59 Å². The van der Waals surface area contributed by atoms with E-state index in [1.54, 1.807) is 12.1 Å². The van der Waals surface area contributed by atoms with Gasteiger partial charge in [-0.05, 0) is 48.4 Å². The maximum atomic E-state index is 12.1. The Labute approximate surface area is 142 Å². The molecule has 0 saturated heterocycles. The van der Waals surface area contributed by atoms with Crippen LogP contribution < -0.4 is 15.4 Å². The standard InChI is InChI=1S/C19H22N2O3/c1-3-12-24-18-10-8-17(9-11-18)21-19(23)13-15-4-6-16(7-5-15)20-14(2)22/h4-11H,3,12-13H2,1-2H3,(H,20,22)(H,21,23). The monoisotopic (exact) mass is 326 g/mol. The van der Waals surface area contributed by atoms with Gasteiger partial charge in [-0.25, -0.2) is 0 Å². The molecule has 2 N–H and O–H groups in total. The summed E-state index contributed by atoms with van der Waals surface area (Å²) < 4.78 is 5.51. The molecule has 0 aliphatic heterocycles.